The SMILES string of the molecule is CC(C)(C)OC(=O)C(N)Cc1ccc[n+]([O-])c1. The van der Waals surface area contributed by atoms with Crippen molar-refractivity contribution in [3.8, 4) is 0 Å². The number of nitrogens with two attached hydrogens (primary N) is 1. The smallest absolute Gasteiger partial charge is 0.323 e. The molecule has 0 radical (unpaired) electrons. The molecule has 0 spiro atoms. The summed E-state index contributed by atoms with van der Waals surface area (Å²) in [7, 11) is 0. The van der Waals surface area contributed by atoms with Crippen molar-refractivity contribution < 1.29 is 14.3 Å². The number of carbonyl (C=O) groups excluding carboxylic acids is 1. The molecule has 0 bridgehead atoms. The normalized spacial score (nSPS) is 13.2. The van der Waals surface area contributed by atoms with Crippen molar-refractivity contribution >= 4 is 5.97 Å². The average molecular weight is 238 g/mol. The van der Waals surface area contributed by atoms with Crippen LogP contribution >= 0.6 is 0 Å². The fraction of sp³-hybridized carbons (Fsp3) is 0.500. The molecule has 1 aromatic heterocycles. The Kier molecular flexibility index (Phi) is 4.07. The highest BCUT2D eigenvalue weighted by Crippen LogP contribution is 2.09. The van der Waals surface area contributed by atoms with Crippen LogP contribution in [0.4, 0.5) is 0 Å². The van der Waals surface area contributed by atoms with E-state index in [-0.39, 0.29) is 6.42 Å². The van der Waals surface area contributed by atoms with Gasteiger partial charge in [-0.05, 0) is 26.8 Å². The zero-order valence-corrected chi connectivity index (χ0v) is 10.3. The number of esters is 1. The van der Waals surface area contributed by atoms with Crippen molar-refractivity contribution in [3.63, 3.8) is 0 Å². The quantitative estimate of drug-likeness (QED) is 0.473. The van der Waals surface area contributed by atoms with Crippen LogP contribution in [0.5, 0.6) is 0 Å². The lowest BCUT2D eigenvalue weighted by molar-refractivity contribution is -0.605. The predicted octanol–water partition coefficient (Wildman–Crippen LogP) is 0.531. The van der Waals surface area contributed by atoms with E-state index in [1.54, 1.807) is 32.9 Å². The Balaban J connectivity index is 2.60. The highest BCUT2D eigenvalue weighted by atomic mass is 16.6. The third-order valence-corrected chi connectivity index (χ3v) is 2.00. The van der Waals surface area contributed by atoms with Gasteiger partial charge >= 0.3 is 5.97 Å². The minimum atomic E-state index is -0.753. The molecule has 0 aliphatic heterocycles. The van der Waals surface area contributed by atoms with Crippen molar-refractivity contribution in [2.24, 2.45) is 5.73 Å². The molecule has 1 unspecified atom stereocenters. The second-order valence-corrected chi connectivity index (χ2v) is 4.92. The molecule has 0 saturated carbocycles. The summed E-state index contributed by atoms with van der Waals surface area (Å²) in [4.78, 5) is 11.6. The largest absolute Gasteiger partial charge is 0.619 e. The summed E-state index contributed by atoms with van der Waals surface area (Å²) < 4.78 is 5.83. The Labute approximate surface area is 101 Å². The van der Waals surface area contributed by atoms with Gasteiger partial charge in [0.2, 0.25) is 0 Å². The number of rotatable bonds is 3. The second kappa shape index (κ2) is 5.14. The van der Waals surface area contributed by atoms with E-state index in [2.05, 4.69) is 0 Å². The molecule has 5 heteroatoms. The fourth-order valence-electron chi connectivity index (χ4n) is 1.34. The molecule has 0 fully saturated rings. The molecule has 17 heavy (non-hydrogen) atoms. The Bertz CT molecular complexity index is 399. The molecule has 5 nitrogen and oxygen atoms in total. The maximum Gasteiger partial charge on any atom is 0.323 e. The van der Waals surface area contributed by atoms with Gasteiger partial charge in [-0.25, -0.2) is 0 Å². The third-order valence-electron chi connectivity index (χ3n) is 2.00. The fourth-order valence-corrected chi connectivity index (χ4v) is 1.34. The maximum atomic E-state index is 11.6. The number of aromatic nitrogens is 1. The summed E-state index contributed by atoms with van der Waals surface area (Å²) in [5, 5.41) is 11.0. The summed E-state index contributed by atoms with van der Waals surface area (Å²) in [6.45, 7) is 5.35. The van der Waals surface area contributed by atoms with E-state index in [9.17, 15) is 10.0 Å². The van der Waals surface area contributed by atoms with E-state index in [1.807, 2.05) is 0 Å². The lowest BCUT2D eigenvalue weighted by Crippen LogP contribution is -2.39. The van der Waals surface area contributed by atoms with Gasteiger partial charge in [-0.2, -0.15) is 4.73 Å². The number of nitrogens with zero attached hydrogens (tertiary/aromatic N) is 1. The van der Waals surface area contributed by atoms with Crippen LogP contribution in [-0.4, -0.2) is 17.6 Å². The van der Waals surface area contributed by atoms with E-state index in [0.717, 1.165) is 0 Å². The summed E-state index contributed by atoms with van der Waals surface area (Å²) in [5.41, 5.74) is 5.88. The summed E-state index contributed by atoms with van der Waals surface area (Å²) in [5.74, 6) is -0.459. The van der Waals surface area contributed by atoms with Gasteiger partial charge in [-0.3, -0.25) is 4.79 Å². The van der Waals surface area contributed by atoms with Crippen LogP contribution in [0.2, 0.25) is 0 Å². The first kappa shape index (κ1) is 13.4. The van der Waals surface area contributed by atoms with Crippen molar-refractivity contribution in [2.45, 2.75) is 38.8 Å². The van der Waals surface area contributed by atoms with E-state index in [0.29, 0.717) is 10.3 Å². The molecule has 94 valence electrons. The van der Waals surface area contributed by atoms with Crippen LogP contribution in [0.3, 0.4) is 0 Å². The molecule has 0 saturated heterocycles. The van der Waals surface area contributed by atoms with Gasteiger partial charge in [0.1, 0.15) is 11.6 Å². The van der Waals surface area contributed by atoms with Crippen molar-refractivity contribution in [1.82, 2.24) is 0 Å². The summed E-state index contributed by atoms with van der Waals surface area (Å²) >= 11 is 0. The number of hydrogen-bond donors (Lipinski definition) is 1. The first-order valence-electron chi connectivity index (χ1n) is 5.44. The van der Waals surface area contributed by atoms with Crippen LogP contribution in [-0.2, 0) is 16.0 Å². The minimum Gasteiger partial charge on any atom is -0.619 e. The molecule has 2 N–H and O–H groups in total. The highest BCUT2D eigenvalue weighted by molar-refractivity contribution is 5.76. The zero-order valence-electron chi connectivity index (χ0n) is 10.3. The molecular weight excluding hydrogens is 220 g/mol. The molecule has 0 aliphatic carbocycles. The first-order chi connectivity index (χ1) is 7.78. The van der Waals surface area contributed by atoms with Gasteiger partial charge in [0, 0.05) is 18.1 Å². The first-order valence-corrected chi connectivity index (χ1v) is 5.44. The Morgan fingerprint density at radius 1 is 1.59 bits per heavy atom. The summed E-state index contributed by atoms with van der Waals surface area (Å²) in [6.07, 6.45) is 3.06. The standard InChI is InChI=1S/C12H18N2O3/c1-12(2,3)17-11(15)10(13)7-9-5-4-6-14(16)8-9/h4-6,8,10H,7,13H2,1-3H3. The molecule has 0 aromatic carbocycles. The minimum absolute atomic E-state index is 0.290. The third kappa shape index (κ3) is 4.82. The lowest BCUT2D eigenvalue weighted by Gasteiger charge is -2.22. The van der Waals surface area contributed by atoms with Crippen molar-refractivity contribution in [2.75, 3.05) is 0 Å². The van der Waals surface area contributed by atoms with E-state index >= 15 is 0 Å². The molecule has 1 aromatic rings. The number of ether oxygens (including phenoxy) is 1. The van der Waals surface area contributed by atoms with Crippen LogP contribution in [0.25, 0.3) is 0 Å². The molecular formula is C12H18N2O3. The van der Waals surface area contributed by atoms with Crippen LogP contribution < -0.4 is 10.5 Å². The van der Waals surface area contributed by atoms with Gasteiger partial charge in [0.15, 0.2) is 12.4 Å². The Morgan fingerprint density at radius 2 is 2.24 bits per heavy atom. The lowest BCUT2D eigenvalue weighted by atomic mass is 10.1. The topological polar surface area (TPSA) is 79.3 Å². The van der Waals surface area contributed by atoms with Gasteiger partial charge in [0.25, 0.3) is 0 Å². The van der Waals surface area contributed by atoms with E-state index < -0.39 is 17.6 Å². The van der Waals surface area contributed by atoms with Crippen molar-refractivity contribution in [3.05, 3.63) is 35.3 Å². The number of carbonyl (C=O) groups is 1. The predicted molar refractivity (Wildman–Crippen MR) is 62.9 cm³/mol. The average Bonchev–Trinajstić information content (AvgIpc) is 2.14. The molecule has 1 rings (SSSR count). The van der Waals surface area contributed by atoms with Gasteiger partial charge in [-0.15, -0.1) is 0 Å². The summed E-state index contributed by atoms with van der Waals surface area (Å²) in [6, 6.07) is 2.61. The van der Waals surface area contributed by atoms with E-state index in [1.165, 1.54) is 12.4 Å². The number of hydrogen-bond acceptors (Lipinski definition) is 4. The molecule has 0 aliphatic rings. The maximum absolute atomic E-state index is 11.6. The second-order valence-electron chi connectivity index (χ2n) is 4.92. The van der Waals surface area contributed by atoms with Crippen LogP contribution in [0.1, 0.15) is 26.3 Å². The molecule has 1 heterocycles. The Morgan fingerprint density at radius 3 is 2.76 bits per heavy atom. The number of pyridine rings is 1. The molecule has 0 amide bonds. The van der Waals surface area contributed by atoms with Crippen molar-refractivity contribution in [1.29, 1.82) is 0 Å². The zero-order chi connectivity index (χ0) is 13.1. The van der Waals surface area contributed by atoms with Crippen LogP contribution in [0.15, 0.2) is 24.5 Å². The Hall–Kier alpha value is -1.62. The monoisotopic (exact) mass is 238 g/mol. The van der Waals surface area contributed by atoms with Gasteiger partial charge in [0.05, 0.1) is 0 Å². The van der Waals surface area contributed by atoms with E-state index in [4.69, 9.17) is 10.5 Å². The molecule has 1 atom stereocenters. The van der Waals surface area contributed by atoms with Gasteiger partial charge < -0.3 is 15.7 Å². The highest BCUT2D eigenvalue weighted by Gasteiger charge is 2.22. The van der Waals surface area contributed by atoms with Gasteiger partial charge in [-0.1, -0.05) is 0 Å². The van der Waals surface area contributed by atoms with Crippen LogP contribution in [0, 0.1) is 5.21 Å².